The molecule has 2 rings (SSSR count). The van der Waals surface area contributed by atoms with Crippen LogP contribution in [0.2, 0.25) is 0 Å². The minimum atomic E-state index is 0.610. The maximum Gasteiger partial charge on any atom is 0.142 e. The van der Waals surface area contributed by atoms with Gasteiger partial charge in [-0.1, -0.05) is 0 Å². The number of rotatable bonds is 1. The van der Waals surface area contributed by atoms with Crippen LogP contribution in [0.1, 0.15) is 5.69 Å². The number of aryl methyl sites for hydroxylation is 2. The van der Waals surface area contributed by atoms with Gasteiger partial charge in [0.25, 0.3) is 0 Å². The van der Waals surface area contributed by atoms with Gasteiger partial charge >= 0.3 is 0 Å². The molecule has 0 aliphatic rings. The normalized spacial score (nSPS) is 10.6. The number of hydrogen-bond donors (Lipinski definition) is 2. The number of nitrogens with two attached hydrogens (primary N) is 1. The highest BCUT2D eigenvalue weighted by Crippen LogP contribution is 2.17. The number of aromatic nitrogens is 4. The van der Waals surface area contributed by atoms with Gasteiger partial charge in [-0.15, -0.1) is 0 Å². The van der Waals surface area contributed by atoms with Gasteiger partial charge in [-0.25, -0.2) is 4.98 Å². The van der Waals surface area contributed by atoms with E-state index < -0.39 is 0 Å². The van der Waals surface area contributed by atoms with Crippen LogP contribution in [0.25, 0.3) is 11.4 Å². The molecule has 0 saturated carbocycles. The molecule has 0 radical (unpaired) electrons. The molecule has 0 unspecified atom stereocenters. The molecule has 2 heterocycles. The Hall–Kier alpha value is -1.78. The largest absolute Gasteiger partial charge is 0.384 e. The summed E-state index contributed by atoms with van der Waals surface area (Å²) in [4.78, 5) is 7.25. The lowest BCUT2D eigenvalue weighted by Crippen LogP contribution is -1.86. The number of H-pyrrole nitrogens is 1. The molecule has 0 atom stereocenters. The van der Waals surface area contributed by atoms with E-state index in [2.05, 4.69) is 15.1 Å². The lowest BCUT2D eigenvalue weighted by atomic mass is 10.3. The summed E-state index contributed by atoms with van der Waals surface area (Å²) in [7, 11) is 1.86. The Morgan fingerprint density at radius 3 is 2.77 bits per heavy atom. The number of nitrogens with zero attached hydrogens (tertiary/aromatic N) is 3. The molecule has 13 heavy (non-hydrogen) atoms. The SMILES string of the molecule is Cc1nc(-c2cnn(C)c2)[nH]c1N. The molecular weight excluding hydrogens is 166 g/mol. The van der Waals surface area contributed by atoms with Crippen molar-refractivity contribution in [1.29, 1.82) is 0 Å². The van der Waals surface area contributed by atoms with E-state index in [0.29, 0.717) is 5.82 Å². The second-order valence-electron chi connectivity index (χ2n) is 2.99. The Labute approximate surface area is 75.6 Å². The second-order valence-corrected chi connectivity index (χ2v) is 2.99. The summed E-state index contributed by atoms with van der Waals surface area (Å²) in [6.07, 6.45) is 3.63. The van der Waals surface area contributed by atoms with Crippen molar-refractivity contribution in [2.45, 2.75) is 6.92 Å². The van der Waals surface area contributed by atoms with Crippen molar-refractivity contribution >= 4 is 5.82 Å². The average Bonchev–Trinajstić information content (AvgIpc) is 2.61. The van der Waals surface area contributed by atoms with Crippen molar-refractivity contribution in [2.24, 2.45) is 7.05 Å². The molecular formula is C8H11N5. The summed E-state index contributed by atoms with van der Waals surface area (Å²) >= 11 is 0. The van der Waals surface area contributed by atoms with Gasteiger partial charge in [-0.05, 0) is 6.92 Å². The molecule has 0 saturated heterocycles. The molecule has 3 N–H and O–H groups in total. The van der Waals surface area contributed by atoms with E-state index in [1.54, 1.807) is 10.9 Å². The number of nitrogens with one attached hydrogen (secondary N) is 1. The number of aromatic amines is 1. The van der Waals surface area contributed by atoms with Gasteiger partial charge in [-0.2, -0.15) is 5.10 Å². The summed E-state index contributed by atoms with van der Waals surface area (Å²) in [5.74, 6) is 1.38. The van der Waals surface area contributed by atoms with E-state index in [9.17, 15) is 0 Å². The third-order valence-corrected chi connectivity index (χ3v) is 1.90. The number of imidazole rings is 1. The molecule has 0 aromatic carbocycles. The maximum absolute atomic E-state index is 5.64. The average molecular weight is 177 g/mol. The van der Waals surface area contributed by atoms with E-state index >= 15 is 0 Å². The van der Waals surface area contributed by atoms with Crippen LogP contribution in [-0.2, 0) is 7.05 Å². The zero-order valence-electron chi connectivity index (χ0n) is 7.57. The molecule has 0 fully saturated rings. The van der Waals surface area contributed by atoms with Gasteiger partial charge in [-0.3, -0.25) is 4.68 Å². The van der Waals surface area contributed by atoms with Crippen LogP contribution in [-0.4, -0.2) is 19.7 Å². The fourth-order valence-electron chi connectivity index (χ4n) is 1.15. The van der Waals surface area contributed by atoms with E-state index in [-0.39, 0.29) is 0 Å². The maximum atomic E-state index is 5.64. The molecule has 2 aromatic heterocycles. The van der Waals surface area contributed by atoms with Crippen molar-refractivity contribution < 1.29 is 0 Å². The summed E-state index contributed by atoms with van der Waals surface area (Å²) in [6, 6.07) is 0. The van der Waals surface area contributed by atoms with Crippen LogP contribution >= 0.6 is 0 Å². The quantitative estimate of drug-likeness (QED) is 0.673. The minimum absolute atomic E-state index is 0.610. The van der Waals surface area contributed by atoms with Crippen molar-refractivity contribution in [3.63, 3.8) is 0 Å². The summed E-state index contributed by atoms with van der Waals surface area (Å²) < 4.78 is 1.73. The van der Waals surface area contributed by atoms with Crippen LogP contribution in [0.15, 0.2) is 12.4 Å². The predicted octanol–water partition coefficient (Wildman–Crippen LogP) is 0.701. The zero-order valence-corrected chi connectivity index (χ0v) is 7.57. The van der Waals surface area contributed by atoms with Gasteiger partial charge in [0.2, 0.25) is 0 Å². The Bertz CT molecular complexity index is 406. The van der Waals surface area contributed by atoms with Crippen LogP contribution in [0, 0.1) is 6.92 Å². The van der Waals surface area contributed by atoms with Crippen LogP contribution in [0.3, 0.4) is 0 Å². The molecule has 0 spiro atoms. The van der Waals surface area contributed by atoms with Crippen molar-refractivity contribution in [3.8, 4) is 11.4 Å². The standard InChI is InChI=1S/C8H11N5/c1-5-7(9)12-8(11-5)6-3-10-13(2)4-6/h3-4H,9H2,1-2H3,(H,11,12). The molecule has 0 aliphatic heterocycles. The second kappa shape index (κ2) is 2.62. The van der Waals surface area contributed by atoms with Gasteiger partial charge in [0, 0.05) is 13.2 Å². The summed E-state index contributed by atoms with van der Waals surface area (Å²) in [5.41, 5.74) is 7.40. The van der Waals surface area contributed by atoms with Gasteiger partial charge < -0.3 is 10.7 Å². The highest BCUT2D eigenvalue weighted by atomic mass is 15.2. The molecule has 5 heteroatoms. The lowest BCUT2D eigenvalue weighted by molar-refractivity contribution is 0.768. The van der Waals surface area contributed by atoms with Crippen molar-refractivity contribution in [3.05, 3.63) is 18.1 Å². The highest BCUT2D eigenvalue weighted by molar-refractivity contribution is 5.56. The monoisotopic (exact) mass is 177 g/mol. The van der Waals surface area contributed by atoms with E-state index in [4.69, 9.17) is 5.73 Å². The van der Waals surface area contributed by atoms with Crippen LogP contribution < -0.4 is 5.73 Å². The molecule has 0 aliphatic carbocycles. The number of hydrogen-bond acceptors (Lipinski definition) is 3. The zero-order chi connectivity index (χ0) is 9.42. The van der Waals surface area contributed by atoms with Gasteiger partial charge in [0.1, 0.15) is 11.6 Å². The topological polar surface area (TPSA) is 72.5 Å². The first kappa shape index (κ1) is 7.85. The Morgan fingerprint density at radius 1 is 1.54 bits per heavy atom. The van der Waals surface area contributed by atoms with Crippen LogP contribution in [0.5, 0.6) is 0 Å². The lowest BCUT2D eigenvalue weighted by Gasteiger charge is -1.87. The third-order valence-electron chi connectivity index (χ3n) is 1.90. The molecule has 68 valence electrons. The van der Waals surface area contributed by atoms with Gasteiger partial charge in [0.15, 0.2) is 0 Å². The smallest absolute Gasteiger partial charge is 0.142 e. The fourth-order valence-corrected chi connectivity index (χ4v) is 1.15. The number of anilines is 1. The Balaban J connectivity index is 2.46. The minimum Gasteiger partial charge on any atom is -0.384 e. The first-order chi connectivity index (χ1) is 6.16. The van der Waals surface area contributed by atoms with E-state index in [1.807, 2.05) is 20.2 Å². The van der Waals surface area contributed by atoms with Crippen molar-refractivity contribution in [2.75, 3.05) is 5.73 Å². The number of nitrogen functional groups attached to an aromatic ring is 1. The van der Waals surface area contributed by atoms with E-state index in [1.165, 1.54) is 0 Å². The Kier molecular flexibility index (Phi) is 1.58. The predicted molar refractivity (Wildman–Crippen MR) is 49.9 cm³/mol. The van der Waals surface area contributed by atoms with Gasteiger partial charge in [0.05, 0.1) is 17.5 Å². The fraction of sp³-hybridized carbons (Fsp3) is 0.250. The molecule has 0 bridgehead atoms. The summed E-state index contributed by atoms with van der Waals surface area (Å²) in [6.45, 7) is 1.87. The third kappa shape index (κ3) is 1.28. The molecule has 5 nitrogen and oxygen atoms in total. The first-order valence-corrected chi connectivity index (χ1v) is 3.98. The summed E-state index contributed by atoms with van der Waals surface area (Å²) in [5, 5.41) is 4.05. The first-order valence-electron chi connectivity index (χ1n) is 3.98. The molecule has 2 aromatic rings. The van der Waals surface area contributed by atoms with Crippen molar-refractivity contribution in [1.82, 2.24) is 19.7 Å². The molecule has 0 amide bonds. The Morgan fingerprint density at radius 2 is 2.31 bits per heavy atom. The highest BCUT2D eigenvalue weighted by Gasteiger charge is 2.06. The van der Waals surface area contributed by atoms with Crippen LogP contribution in [0.4, 0.5) is 5.82 Å². The van der Waals surface area contributed by atoms with E-state index in [0.717, 1.165) is 17.1 Å².